The van der Waals surface area contributed by atoms with Crippen LogP contribution in [0.5, 0.6) is 11.5 Å². The quantitative estimate of drug-likeness (QED) is 0.186. The van der Waals surface area contributed by atoms with Gasteiger partial charge in [0, 0.05) is 47.9 Å². The molecule has 2 aromatic rings. The topological polar surface area (TPSA) is 105 Å². The molecule has 4 aliphatic rings. The Morgan fingerprint density at radius 1 is 0.696 bits per heavy atom. The minimum Gasteiger partial charge on any atom is -0.426 e. The third kappa shape index (κ3) is 6.36. The van der Waals surface area contributed by atoms with Crippen molar-refractivity contribution >= 4 is 11.9 Å². The number of esters is 2. The van der Waals surface area contributed by atoms with Crippen molar-refractivity contribution < 1.29 is 27.8 Å². The minimum absolute atomic E-state index is 0.0577. The number of hydrogen-bond acceptors (Lipinski definition) is 6. The van der Waals surface area contributed by atoms with Crippen LogP contribution in [0, 0.1) is 23.5 Å². The molecule has 0 unspecified atom stereocenters. The average molecular weight is 637 g/mol. The summed E-state index contributed by atoms with van der Waals surface area (Å²) >= 11 is 0. The maximum absolute atomic E-state index is 15.3. The van der Waals surface area contributed by atoms with Crippen molar-refractivity contribution in [1.82, 2.24) is 0 Å². The van der Waals surface area contributed by atoms with E-state index in [-0.39, 0.29) is 70.7 Å². The van der Waals surface area contributed by atoms with E-state index in [1.807, 2.05) is 12.1 Å². The molecule has 46 heavy (non-hydrogen) atoms. The number of unbranched alkanes of at least 4 members (excludes halogenated alkanes) is 1. The zero-order valence-electron chi connectivity index (χ0n) is 27.5. The molecule has 4 aliphatic carbocycles. The molecule has 4 N–H and O–H groups in total. The Balaban J connectivity index is 1.03. The molecule has 0 heterocycles. The van der Waals surface area contributed by atoms with Crippen LogP contribution in [0.1, 0.15) is 126 Å². The van der Waals surface area contributed by atoms with Gasteiger partial charge >= 0.3 is 11.9 Å². The summed E-state index contributed by atoms with van der Waals surface area (Å²) in [5.41, 5.74) is 15.9. The van der Waals surface area contributed by atoms with Gasteiger partial charge in [-0.3, -0.25) is 9.59 Å². The first-order valence-corrected chi connectivity index (χ1v) is 17.6. The Hall–Kier alpha value is -2.84. The summed E-state index contributed by atoms with van der Waals surface area (Å²) in [6.07, 6.45) is 12.6. The maximum Gasteiger partial charge on any atom is 0.311 e. The van der Waals surface area contributed by atoms with Crippen LogP contribution in [0.2, 0.25) is 0 Å². The van der Waals surface area contributed by atoms with E-state index in [1.54, 1.807) is 0 Å². The first-order chi connectivity index (χ1) is 22.0. The van der Waals surface area contributed by atoms with Crippen LogP contribution < -0.4 is 20.9 Å². The molecule has 2 fully saturated rings. The number of hydrogen-bond donors (Lipinski definition) is 2. The number of rotatable bonds is 7. The van der Waals surface area contributed by atoms with Crippen LogP contribution in [0.4, 0.5) is 8.78 Å². The van der Waals surface area contributed by atoms with Gasteiger partial charge in [0.25, 0.3) is 0 Å². The van der Waals surface area contributed by atoms with Crippen molar-refractivity contribution in [3.63, 3.8) is 0 Å². The van der Waals surface area contributed by atoms with E-state index < -0.39 is 11.9 Å². The Morgan fingerprint density at radius 3 is 1.52 bits per heavy atom. The van der Waals surface area contributed by atoms with E-state index in [4.69, 9.17) is 20.9 Å². The van der Waals surface area contributed by atoms with Crippen molar-refractivity contribution in [2.45, 2.75) is 139 Å². The van der Waals surface area contributed by atoms with E-state index in [9.17, 15) is 9.59 Å². The molecule has 6 rings (SSSR count). The number of halogens is 2. The second-order valence-electron chi connectivity index (χ2n) is 15.0. The van der Waals surface area contributed by atoms with Gasteiger partial charge in [0.2, 0.25) is 0 Å². The molecule has 250 valence electrons. The highest BCUT2D eigenvalue weighted by molar-refractivity contribution is 5.74. The van der Waals surface area contributed by atoms with Gasteiger partial charge in [0.05, 0.1) is 0 Å². The molecule has 0 amide bonds. The highest BCUT2D eigenvalue weighted by atomic mass is 19.1. The third-order valence-corrected chi connectivity index (χ3v) is 12.0. The lowest BCUT2D eigenvalue weighted by Crippen LogP contribution is -2.53. The fourth-order valence-electron chi connectivity index (χ4n) is 9.17. The number of ether oxygens (including phenoxy) is 2. The fraction of sp³-hybridized carbons (Fsp3) is 0.632. The molecule has 0 aromatic heterocycles. The summed E-state index contributed by atoms with van der Waals surface area (Å²) < 4.78 is 41.8. The number of fused-ring (bicyclic) bond motifs is 8. The minimum atomic E-state index is -0.479. The van der Waals surface area contributed by atoms with Crippen molar-refractivity contribution in [2.75, 3.05) is 0 Å². The van der Waals surface area contributed by atoms with Crippen LogP contribution in [0.15, 0.2) is 24.3 Å². The summed E-state index contributed by atoms with van der Waals surface area (Å²) in [6, 6.07) is 6.14. The largest absolute Gasteiger partial charge is 0.426 e. The van der Waals surface area contributed by atoms with Crippen LogP contribution in [0.3, 0.4) is 0 Å². The van der Waals surface area contributed by atoms with Gasteiger partial charge in [-0.1, -0.05) is 52.4 Å². The molecule has 2 aromatic carbocycles. The lowest BCUT2D eigenvalue weighted by Gasteiger charge is -2.47. The lowest BCUT2D eigenvalue weighted by atomic mass is 9.60. The predicted molar refractivity (Wildman–Crippen MR) is 174 cm³/mol. The highest BCUT2D eigenvalue weighted by Gasteiger charge is 2.46. The molecule has 0 saturated heterocycles. The van der Waals surface area contributed by atoms with E-state index in [0.717, 1.165) is 75.3 Å². The molecule has 0 aliphatic heterocycles. The normalized spacial score (nSPS) is 30.5. The first kappa shape index (κ1) is 33.1. The van der Waals surface area contributed by atoms with Gasteiger partial charge in [-0.05, 0) is 97.6 Å². The highest BCUT2D eigenvalue weighted by Crippen LogP contribution is 2.49. The molecule has 4 bridgehead atoms. The summed E-state index contributed by atoms with van der Waals surface area (Å²) in [5, 5.41) is 0. The van der Waals surface area contributed by atoms with Crippen molar-refractivity contribution in [2.24, 2.45) is 23.3 Å². The van der Waals surface area contributed by atoms with Gasteiger partial charge in [0.1, 0.15) is 23.1 Å². The van der Waals surface area contributed by atoms with E-state index in [0.29, 0.717) is 36.8 Å². The van der Waals surface area contributed by atoms with Crippen LogP contribution in [-0.4, -0.2) is 24.0 Å². The Bertz CT molecular complexity index is 1370. The third-order valence-electron chi connectivity index (χ3n) is 12.0. The molecule has 2 saturated carbocycles. The van der Waals surface area contributed by atoms with Gasteiger partial charge < -0.3 is 20.9 Å². The first-order valence-electron chi connectivity index (χ1n) is 17.6. The maximum atomic E-state index is 15.3. The zero-order chi connectivity index (χ0) is 32.6. The lowest BCUT2D eigenvalue weighted by molar-refractivity contribution is -0.136. The fourth-order valence-corrected chi connectivity index (χ4v) is 9.17. The second kappa shape index (κ2) is 13.3. The van der Waals surface area contributed by atoms with Gasteiger partial charge in [0.15, 0.2) is 0 Å². The van der Waals surface area contributed by atoms with Crippen LogP contribution in [-0.2, 0) is 33.3 Å². The smallest absolute Gasteiger partial charge is 0.311 e. The van der Waals surface area contributed by atoms with Crippen LogP contribution >= 0.6 is 0 Å². The number of nitrogens with two attached hydrogens (primary N) is 2. The van der Waals surface area contributed by atoms with Crippen molar-refractivity contribution in [1.29, 1.82) is 0 Å². The van der Waals surface area contributed by atoms with Gasteiger partial charge in [-0.25, -0.2) is 8.78 Å². The molecule has 8 heteroatoms. The molecule has 6 nitrogen and oxygen atoms in total. The average Bonchev–Trinajstić information content (AvgIpc) is 3.00. The number of carbonyl (C=O) groups excluding carboxylic acids is 2. The van der Waals surface area contributed by atoms with E-state index in [1.165, 1.54) is 12.1 Å². The molecular formula is C38H50F2N2O4. The molecule has 0 spiro atoms. The Morgan fingerprint density at radius 2 is 1.11 bits per heavy atom. The van der Waals surface area contributed by atoms with Gasteiger partial charge in [-0.15, -0.1) is 0 Å². The van der Waals surface area contributed by atoms with Crippen molar-refractivity contribution in [3.05, 3.63) is 58.2 Å². The second-order valence-corrected chi connectivity index (χ2v) is 15.0. The number of carbonyl (C=O) groups is 2. The Labute approximate surface area is 272 Å². The van der Waals surface area contributed by atoms with E-state index >= 15 is 8.78 Å². The Kier molecular flexibility index (Phi) is 9.60. The SMILES string of the molecule is C[C@@]12CCCCC[C@@H](Cc3c(F)cc(OC(=O)CCCCC(=O)Oc4cc(F)c5c(c4)[C@@]4(C)CCCCC[C@@H](C5)[C@@H]4N)cc31)[C@@H]2N. The van der Waals surface area contributed by atoms with Gasteiger partial charge in [-0.2, -0.15) is 0 Å². The predicted octanol–water partition coefficient (Wildman–Crippen LogP) is 7.48. The van der Waals surface area contributed by atoms with E-state index in [2.05, 4.69) is 13.8 Å². The van der Waals surface area contributed by atoms with Crippen molar-refractivity contribution in [3.8, 4) is 11.5 Å². The standard InChI is InChI=1S/C38H50F2N2O4/c1-37-15-9-3-5-11-23(35(37)41)17-27-29(37)19-25(21-31(27)39)45-33(43)13-7-8-14-34(44)46-26-20-30-28(32(40)22-26)18-24-12-6-4-10-16-38(30,2)36(24)42/h19-24,35-36H,3-18,41-42H2,1-2H3/t23-,24-,35-,36-,37+,38+/m0/s1. The number of benzene rings is 2. The molecular weight excluding hydrogens is 586 g/mol. The molecule has 0 radical (unpaired) electrons. The summed E-state index contributed by atoms with van der Waals surface area (Å²) in [4.78, 5) is 25.4. The zero-order valence-corrected chi connectivity index (χ0v) is 27.5. The molecule has 6 atom stereocenters. The monoisotopic (exact) mass is 636 g/mol. The van der Waals surface area contributed by atoms with Crippen LogP contribution in [0.25, 0.3) is 0 Å². The summed E-state index contributed by atoms with van der Waals surface area (Å²) in [6.45, 7) is 4.25. The summed E-state index contributed by atoms with van der Waals surface area (Å²) in [5.74, 6) is -0.713. The summed E-state index contributed by atoms with van der Waals surface area (Å²) in [7, 11) is 0.